The number of nitrogens with one attached hydrogen (secondary N) is 2. The minimum atomic E-state index is 0. The Kier molecular flexibility index (Phi) is 15.9. The van der Waals surface area contributed by atoms with Gasteiger partial charge in [-0.05, 0) is 11.1 Å². The molecular formula is C16H30Cl4N4. The molecule has 0 aromatic heterocycles. The zero-order valence-electron chi connectivity index (χ0n) is 13.9. The molecule has 0 bridgehead atoms. The molecule has 0 radical (unpaired) electrons. The Morgan fingerprint density at radius 2 is 0.875 bits per heavy atom. The average Bonchev–Trinajstić information content (AvgIpc) is 2.51. The molecule has 2 saturated heterocycles. The van der Waals surface area contributed by atoms with E-state index in [-0.39, 0.29) is 49.6 Å². The molecular weight excluding hydrogens is 390 g/mol. The summed E-state index contributed by atoms with van der Waals surface area (Å²) >= 11 is 0. The molecule has 0 unspecified atom stereocenters. The zero-order valence-corrected chi connectivity index (χ0v) is 17.2. The van der Waals surface area contributed by atoms with Gasteiger partial charge < -0.3 is 10.6 Å². The van der Waals surface area contributed by atoms with Gasteiger partial charge in [0.05, 0.1) is 0 Å². The van der Waals surface area contributed by atoms with Gasteiger partial charge in [-0.2, -0.15) is 0 Å². The van der Waals surface area contributed by atoms with E-state index < -0.39 is 0 Å². The van der Waals surface area contributed by atoms with Crippen LogP contribution in [-0.4, -0.2) is 62.2 Å². The number of rotatable bonds is 4. The molecule has 0 saturated carbocycles. The van der Waals surface area contributed by atoms with Crippen molar-refractivity contribution in [2.75, 3.05) is 52.4 Å². The molecule has 8 heteroatoms. The summed E-state index contributed by atoms with van der Waals surface area (Å²) in [5.74, 6) is 0. The maximum atomic E-state index is 3.40. The molecule has 2 heterocycles. The third kappa shape index (κ3) is 8.54. The molecule has 3 rings (SSSR count). The topological polar surface area (TPSA) is 30.5 Å². The minimum Gasteiger partial charge on any atom is -0.314 e. The Labute approximate surface area is 170 Å². The van der Waals surface area contributed by atoms with E-state index in [2.05, 4.69) is 44.7 Å². The molecule has 0 amide bonds. The summed E-state index contributed by atoms with van der Waals surface area (Å²) in [5.41, 5.74) is 2.88. The summed E-state index contributed by atoms with van der Waals surface area (Å²) in [6, 6.07) is 9.22. The Morgan fingerprint density at radius 3 is 1.17 bits per heavy atom. The quantitative estimate of drug-likeness (QED) is 0.782. The summed E-state index contributed by atoms with van der Waals surface area (Å²) in [7, 11) is 0. The lowest BCUT2D eigenvalue weighted by Crippen LogP contribution is -2.43. The predicted molar refractivity (Wildman–Crippen MR) is 112 cm³/mol. The lowest BCUT2D eigenvalue weighted by atomic mass is 10.1. The van der Waals surface area contributed by atoms with Gasteiger partial charge in [0.15, 0.2) is 0 Å². The number of hydrogen-bond donors (Lipinski definition) is 2. The van der Waals surface area contributed by atoms with Gasteiger partial charge in [0, 0.05) is 65.4 Å². The van der Waals surface area contributed by atoms with Crippen molar-refractivity contribution in [2.45, 2.75) is 13.1 Å². The Morgan fingerprint density at radius 1 is 0.583 bits per heavy atom. The van der Waals surface area contributed by atoms with Gasteiger partial charge >= 0.3 is 0 Å². The van der Waals surface area contributed by atoms with Crippen molar-refractivity contribution in [2.24, 2.45) is 0 Å². The number of hydrogen-bond acceptors (Lipinski definition) is 4. The molecule has 2 aliphatic rings. The predicted octanol–water partition coefficient (Wildman–Crippen LogP) is 2.18. The van der Waals surface area contributed by atoms with Crippen molar-refractivity contribution >= 4 is 49.6 Å². The average molecular weight is 420 g/mol. The Bertz CT molecular complexity index is 368. The van der Waals surface area contributed by atoms with E-state index in [1.807, 2.05) is 0 Å². The van der Waals surface area contributed by atoms with Crippen molar-refractivity contribution in [3.05, 3.63) is 35.4 Å². The van der Waals surface area contributed by atoms with Crippen LogP contribution in [0.1, 0.15) is 11.1 Å². The monoisotopic (exact) mass is 418 g/mol. The van der Waals surface area contributed by atoms with Crippen LogP contribution < -0.4 is 10.6 Å². The van der Waals surface area contributed by atoms with Gasteiger partial charge in [-0.15, -0.1) is 49.6 Å². The van der Waals surface area contributed by atoms with E-state index >= 15 is 0 Å². The summed E-state index contributed by atoms with van der Waals surface area (Å²) in [4.78, 5) is 5.06. The van der Waals surface area contributed by atoms with Crippen molar-refractivity contribution in [1.29, 1.82) is 0 Å². The standard InChI is InChI=1S/C16H26N4.4ClH/c1-2-16(14-20-11-7-18-8-12-20)4-3-15(1)13-19-9-5-17-6-10-19;;;;/h1-4,17-18H,5-14H2;4*1H. The summed E-state index contributed by atoms with van der Waals surface area (Å²) in [6.45, 7) is 11.4. The fourth-order valence-corrected chi connectivity index (χ4v) is 3.00. The summed E-state index contributed by atoms with van der Waals surface area (Å²) in [5, 5.41) is 6.81. The molecule has 0 aliphatic carbocycles. The maximum Gasteiger partial charge on any atom is 0.0234 e. The molecule has 2 aliphatic heterocycles. The van der Waals surface area contributed by atoms with E-state index in [1.54, 1.807) is 0 Å². The van der Waals surface area contributed by atoms with Gasteiger partial charge in [0.25, 0.3) is 0 Å². The van der Waals surface area contributed by atoms with Crippen LogP contribution in [0, 0.1) is 0 Å². The molecule has 1 aromatic rings. The second-order valence-electron chi connectivity index (χ2n) is 5.87. The highest BCUT2D eigenvalue weighted by atomic mass is 35.5. The van der Waals surface area contributed by atoms with E-state index in [0.717, 1.165) is 39.3 Å². The zero-order chi connectivity index (χ0) is 13.6. The molecule has 0 atom stereocenters. The Hall–Kier alpha value is 0.220. The van der Waals surface area contributed by atoms with Crippen LogP contribution in [0.3, 0.4) is 0 Å². The van der Waals surface area contributed by atoms with Crippen LogP contribution >= 0.6 is 49.6 Å². The van der Waals surface area contributed by atoms with Crippen molar-refractivity contribution in [1.82, 2.24) is 20.4 Å². The smallest absolute Gasteiger partial charge is 0.0234 e. The van der Waals surface area contributed by atoms with Crippen molar-refractivity contribution < 1.29 is 0 Å². The first-order valence-corrected chi connectivity index (χ1v) is 7.84. The minimum absolute atomic E-state index is 0. The number of halogens is 4. The highest BCUT2D eigenvalue weighted by Crippen LogP contribution is 2.10. The second kappa shape index (κ2) is 14.4. The van der Waals surface area contributed by atoms with Crippen LogP contribution in [0.15, 0.2) is 24.3 Å². The molecule has 142 valence electrons. The van der Waals surface area contributed by atoms with Crippen LogP contribution in [0.4, 0.5) is 0 Å². The SMILES string of the molecule is Cl.Cl.Cl.Cl.c1cc(CN2CCNCC2)ccc1CN1CCNCC1. The first kappa shape index (κ1) is 26.4. The summed E-state index contributed by atoms with van der Waals surface area (Å²) < 4.78 is 0. The lowest BCUT2D eigenvalue weighted by molar-refractivity contribution is 0.231. The van der Waals surface area contributed by atoms with E-state index in [4.69, 9.17) is 0 Å². The van der Waals surface area contributed by atoms with Crippen molar-refractivity contribution in [3.8, 4) is 0 Å². The van der Waals surface area contributed by atoms with Gasteiger partial charge in [0.1, 0.15) is 0 Å². The van der Waals surface area contributed by atoms with Gasteiger partial charge in [0.2, 0.25) is 0 Å². The van der Waals surface area contributed by atoms with Crippen LogP contribution in [0.5, 0.6) is 0 Å². The highest BCUT2D eigenvalue weighted by molar-refractivity contribution is 5.86. The largest absolute Gasteiger partial charge is 0.314 e. The molecule has 24 heavy (non-hydrogen) atoms. The van der Waals surface area contributed by atoms with Crippen LogP contribution in [0.25, 0.3) is 0 Å². The third-order valence-corrected chi connectivity index (χ3v) is 4.25. The van der Waals surface area contributed by atoms with Crippen LogP contribution in [0.2, 0.25) is 0 Å². The first-order chi connectivity index (χ1) is 9.90. The third-order valence-electron chi connectivity index (χ3n) is 4.25. The summed E-state index contributed by atoms with van der Waals surface area (Å²) in [6.07, 6.45) is 0. The number of benzene rings is 1. The molecule has 4 nitrogen and oxygen atoms in total. The van der Waals surface area contributed by atoms with Crippen molar-refractivity contribution in [3.63, 3.8) is 0 Å². The maximum absolute atomic E-state index is 3.40. The first-order valence-electron chi connectivity index (χ1n) is 7.84. The Balaban J connectivity index is 0. The normalized spacial score (nSPS) is 18.3. The molecule has 2 N–H and O–H groups in total. The van der Waals surface area contributed by atoms with Crippen LogP contribution in [-0.2, 0) is 13.1 Å². The number of piperazine rings is 2. The van der Waals surface area contributed by atoms with Gasteiger partial charge in [-0.3, -0.25) is 9.80 Å². The van der Waals surface area contributed by atoms with Gasteiger partial charge in [-0.1, -0.05) is 24.3 Å². The van der Waals surface area contributed by atoms with E-state index in [0.29, 0.717) is 0 Å². The lowest BCUT2D eigenvalue weighted by Gasteiger charge is -2.28. The second-order valence-corrected chi connectivity index (χ2v) is 5.87. The van der Waals surface area contributed by atoms with E-state index in [1.165, 1.54) is 37.3 Å². The fourth-order valence-electron chi connectivity index (χ4n) is 3.00. The number of nitrogens with zero attached hydrogens (tertiary/aromatic N) is 2. The molecule has 0 spiro atoms. The molecule has 1 aromatic carbocycles. The van der Waals surface area contributed by atoms with Gasteiger partial charge in [-0.25, -0.2) is 0 Å². The van der Waals surface area contributed by atoms with E-state index in [9.17, 15) is 0 Å². The fraction of sp³-hybridized carbons (Fsp3) is 0.625. The molecule has 2 fully saturated rings. The highest BCUT2D eigenvalue weighted by Gasteiger charge is 2.11.